The van der Waals surface area contributed by atoms with Crippen molar-refractivity contribution in [3.8, 4) is 11.5 Å². The van der Waals surface area contributed by atoms with Crippen LogP contribution in [0.1, 0.15) is 28.3 Å². The van der Waals surface area contributed by atoms with E-state index < -0.39 is 29.5 Å². The molecule has 0 radical (unpaired) electrons. The third kappa shape index (κ3) is 4.78. The fourth-order valence-electron chi connectivity index (χ4n) is 4.49. The van der Waals surface area contributed by atoms with E-state index in [1.165, 1.54) is 26.2 Å². The highest BCUT2D eigenvalue weighted by molar-refractivity contribution is 6.51. The van der Waals surface area contributed by atoms with E-state index in [2.05, 4.69) is 0 Å². The summed E-state index contributed by atoms with van der Waals surface area (Å²) in [5.74, 6) is -1.84. The quantitative estimate of drug-likeness (QED) is 0.222. The molecular weight excluding hydrogens is 474 g/mol. The molecule has 0 spiro atoms. The Bertz CT molecular complexity index is 1370. The smallest absolute Gasteiger partial charge is 0.309 e. The molecule has 0 saturated carbocycles. The van der Waals surface area contributed by atoms with Crippen molar-refractivity contribution in [2.24, 2.45) is 0 Å². The molecule has 0 aliphatic carbocycles. The molecular formula is C29H27NO7. The molecule has 1 heterocycles. The van der Waals surface area contributed by atoms with Crippen molar-refractivity contribution in [2.45, 2.75) is 19.4 Å². The van der Waals surface area contributed by atoms with Gasteiger partial charge >= 0.3 is 5.97 Å². The minimum Gasteiger partial charge on any atom is -0.506 e. The van der Waals surface area contributed by atoms with Gasteiger partial charge in [0.05, 0.1) is 39.4 Å². The average molecular weight is 502 g/mol. The van der Waals surface area contributed by atoms with E-state index in [0.29, 0.717) is 28.3 Å². The Kier molecular flexibility index (Phi) is 7.29. The molecule has 8 heteroatoms. The van der Waals surface area contributed by atoms with E-state index in [9.17, 15) is 19.5 Å². The highest BCUT2D eigenvalue weighted by Gasteiger charge is 2.47. The number of ketones is 1. The molecule has 1 atom stereocenters. The lowest BCUT2D eigenvalue weighted by atomic mass is 9.93. The van der Waals surface area contributed by atoms with Gasteiger partial charge in [-0.2, -0.15) is 0 Å². The van der Waals surface area contributed by atoms with Gasteiger partial charge in [-0.1, -0.05) is 48.0 Å². The Morgan fingerprint density at radius 2 is 1.54 bits per heavy atom. The zero-order chi connectivity index (χ0) is 26.7. The van der Waals surface area contributed by atoms with Gasteiger partial charge in [-0.15, -0.1) is 0 Å². The van der Waals surface area contributed by atoms with E-state index in [1.807, 2.05) is 25.1 Å². The third-order valence-electron chi connectivity index (χ3n) is 6.26. The van der Waals surface area contributed by atoms with Crippen molar-refractivity contribution in [3.05, 3.63) is 94.6 Å². The zero-order valence-electron chi connectivity index (χ0n) is 21.0. The van der Waals surface area contributed by atoms with Gasteiger partial charge in [-0.25, -0.2) is 0 Å². The molecule has 37 heavy (non-hydrogen) atoms. The minimum atomic E-state index is -0.916. The molecule has 3 aromatic rings. The van der Waals surface area contributed by atoms with Crippen LogP contribution in [0.5, 0.6) is 11.5 Å². The highest BCUT2D eigenvalue weighted by atomic mass is 16.5. The van der Waals surface area contributed by atoms with Crippen LogP contribution >= 0.6 is 0 Å². The number of ether oxygens (including phenoxy) is 3. The van der Waals surface area contributed by atoms with Crippen molar-refractivity contribution in [1.82, 2.24) is 0 Å². The number of rotatable bonds is 7. The first kappa shape index (κ1) is 25.5. The second-order valence-electron chi connectivity index (χ2n) is 8.54. The molecule has 0 aromatic heterocycles. The van der Waals surface area contributed by atoms with Gasteiger partial charge in [0.2, 0.25) is 0 Å². The fraction of sp³-hybridized carbons (Fsp3) is 0.207. The zero-order valence-corrected chi connectivity index (χ0v) is 21.0. The molecule has 1 amide bonds. The van der Waals surface area contributed by atoms with Crippen LogP contribution in [-0.4, -0.2) is 44.1 Å². The molecule has 1 N–H and O–H groups in total. The largest absolute Gasteiger partial charge is 0.506 e. The third-order valence-corrected chi connectivity index (χ3v) is 6.26. The van der Waals surface area contributed by atoms with Crippen LogP contribution in [-0.2, 0) is 25.5 Å². The summed E-state index contributed by atoms with van der Waals surface area (Å²) in [6.45, 7) is 1.90. The van der Waals surface area contributed by atoms with Crippen LogP contribution in [0, 0.1) is 6.92 Å². The van der Waals surface area contributed by atoms with Gasteiger partial charge in [-0.05, 0) is 42.3 Å². The summed E-state index contributed by atoms with van der Waals surface area (Å²) < 4.78 is 15.6. The summed E-state index contributed by atoms with van der Waals surface area (Å²) >= 11 is 0. The monoisotopic (exact) mass is 501 g/mol. The van der Waals surface area contributed by atoms with E-state index >= 15 is 0 Å². The van der Waals surface area contributed by atoms with Crippen molar-refractivity contribution >= 4 is 29.1 Å². The number of benzene rings is 3. The van der Waals surface area contributed by atoms with Crippen LogP contribution < -0.4 is 14.4 Å². The van der Waals surface area contributed by atoms with E-state index in [4.69, 9.17) is 14.2 Å². The maximum atomic E-state index is 13.5. The van der Waals surface area contributed by atoms with Crippen LogP contribution in [0.3, 0.4) is 0 Å². The maximum Gasteiger partial charge on any atom is 0.309 e. The predicted octanol–water partition coefficient (Wildman–Crippen LogP) is 4.35. The summed E-state index contributed by atoms with van der Waals surface area (Å²) in [4.78, 5) is 39.9. The molecule has 1 unspecified atom stereocenters. The topological polar surface area (TPSA) is 102 Å². The first-order chi connectivity index (χ1) is 17.8. The SMILES string of the molecule is COC(=O)Cc1ccc(N2C(=O)C(=O)/C(=C(/O)c3c(OC)cccc3OC)C2c2cccc(C)c2)cc1. The summed E-state index contributed by atoms with van der Waals surface area (Å²) in [5.41, 5.74) is 2.79. The van der Waals surface area contributed by atoms with Gasteiger partial charge in [0.1, 0.15) is 22.8 Å². The predicted molar refractivity (Wildman–Crippen MR) is 138 cm³/mol. The van der Waals surface area contributed by atoms with E-state index in [1.54, 1.807) is 48.5 Å². The summed E-state index contributed by atoms with van der Waals surface area (Å²) in [6, 6.07) is 18.2. The molecule has 1 saturated heterocycles. The lowest BCUT2D eigenvalue weighted by Gasteiger charge is -2.26. The molecule has 1 aliphatic heterocycles. The number of anilines is 1. The van der Waals surface area contributed by atoms with Gasteiger partial charge < -0.3 is 19.3 Å². The molecule has 4 rings (SSSR count). The Hall–Kier alpha value is -4.59. The number of aryl methyl sites for hydroxylation is 1. The van der Waals surface area contributed by atoms with Crippen molar-refractivity contribution in [1.29, 1.82) is 0 Å². The lowest BCUT2D eigenvalue weighted by molar-refractivity contribution is -0.139. The van der Waals surface area contributed by atoms with Crippen molar-refractivity contribution in [2.75, 3.05) is 26.2 Å². The molecule has 190 valence electrons. The van der Waals surface area contributed by atoms with Crippen LogP contribution in [0.15, 0.2) is 72.3 Å². The maximum absolute atomic E-state index is 13.5. The summed E-state index contributed by atoms with van der Waals surface area (Å²) in [7, 11) is 4.20. The number of carbonyl (C=O) groups is 3. The van der Waals surface area contributed by atoms with Crippen LogP contribution in [0.25, 0.3) is 5.76 Å². The minimum absolute atomic E-state index is 0.0739. The second kappa shape index (κ2) is 10.6. The number of nitrogens with zero attached hydrogens (tertiary/aromatic N) is 1. The average Bonchev–Trinajstić information content (AvgIpc) is 3.18. The van der Waals surface area contributed by atoms with E-state index in [0.717, 1.165) is 5.56 Å². The van der Waals surface area contributed by atoms with Crippen molar-refractivity contribution in [3.63, 3.8) is 0 Å². The Morgan fingerprint density at radius 3 is 2.11 bits per heavy atom. The van der Waals surface area contributed by atoms with Gasteiger partial charge in [0, 0.05) is 5.69 Å². The number of esters is 1. The second-order valence-corrected chi connectivity index (χ2v) is 8.54. The Balaban J connectivity index is 1.92. The number of methoxy groups -OCH3 is 3. The molecule has 0 bridgehead atoms. The van der Waals surface area contributed by atoms with Gasteiger partial charge in [-0.3, -0.25) is 19.3 Å². The van der Waals surface area contributed by atoms with E-state index in [-0.39, 0.29) is 17.6 Å². The number of amides is 1. The standard InChI is InChI=1S/C29H27NO7/c1-17-7-5-8-19(15-17)26-25(27(32)24-21(35-2)9-6-10-22(24)36-3)28(33)29(34)30(26)20-13-11-18(12-14-20)16-23(31)37-4/h5-15,26,32H,16H2,1-4H3/b27-25+. The highest BCUT2D eigenvalue weighted by Crippen LogP contribution is 2.45. The summed E-state index contributed by atoms with van der Waals surface area (Å²) in [6.07, 6.45) is 0.0739. The molecule has 3 aromatic carbocycles. The summed E-state index contributed by atoms with van der Waals surface area (Å²) in [5, 5.41) is 11.5. The molecule has 1 fully saturated rings. The number of hydrogen-bond acceptors (Lipinski definition) is 7. The Labute approximate surface area is 214 Å². The molecule has 1 aliphatic rings. The first-order valence-electron chi connectivity index (χ1n) is 11.5. The van der Waals surface area contributed by atoms with Gasteiger partial charge in [0.15, 0.2) is 0 Å². The van der Waals surface area contributed by atoms with Crippen LogP contribution in [0.2, 0.25) is 0 Å². The number of hydrogen-bond donors (Lipinski definition) is 1. The Morgan fingerprint density at radius 1 is 0.919 bits per heavy atom. The first-order valence-corrected chi connectivity index (χ1v) is 11.5. The van der Waals surface area contributed by atoms with Crippen LogP contribution in [0.4, 0.5) is 5.69 Å². The normalized spacial score (nSPS) is 16.5. The number of Topliss-reactive ketones (excluding diaryl/α,β-unsaturated/α-hetero) is 1. The lowest BCUT2D eigenvalue weighted by Crippen LogP contribution is -2.29. The number of aliphatic hydroxyl groups excluding tert-OH is 1. The number of carbonyl (C=O) groups excluding carboxylic acids is 3. The van der Waals surface area contributed by atoms with Crippen molar-refractivity contribution < 1.29 is 33.7 Å². The molecule has 8 nitrogen and oxygen atoms in total. The van der Waals surface area contributed by atoms with Gasteiger partial charge in [0.25, 0.3) is 11.7 Å². The number of aliphatic hydroxyl groups is 1. The fourth-order valence-corrected chi connectivity index (χ4v) is 4.49.